The summed E-state index contributed by atoms with van der Waals surface area (Å²) in [7, 11) is 0. The Morgan fingerprint density at radius 2 is 2.50 bits per heavy atom. The first kappa shape index (κ1) is 11.6. The molecule has 0 saturated carbocycles. The van der Waals surface area contributed by atoms with Crippen molar-refractivity contribution in [3.8, 4) is 0 Å². The van der Waals surface area contributed by atoms with E-state index in [0.717, 1.165) is 24.4 Å². The molecule has 16 heavy (non-hydrogen) atoms. The van der Waals surface area contributed by atoms with Crippen LogP contribution in [-0.2, 0) is 0 Å². The van der Waals surface area contributed by atoms with Gasteiger partial charge in [0.25, 0.3) is 5.91 Å². The zero-order chi connectivity index (χ0) is 11.4. The Morgan fingerprint density at radius 3 is 3.12 bits per heavy atom. The van der Waals surface area contributed by atoms with Crippen LogP contribution in [0.5, 0.6) is 0 Å². The number of nitrogens with one attached hydrogen (secondary N) is 2. The summed E-state index contributed by atoms with van der Waals surface area (Å²) in [4.78, 5) is 13.7. The number of carbonyl (C=O) groups excluding carboxylic acids is 1. The van der Waals surface area contributed by atoms with Crippen molar-refractivity contribution >= 4 is 17.2 Å². The molecule has 4 heteroatoms. The monoisotopic (exact) mass is 238 g/mol. The van der Waals surface area contributed by atoms with Crippen LogP contribution >= 0.6 is 11.3 Å². The summed E-state index contributed by atoms with van der Waals surface area (Å²) in [6.07, 6.45) is 3.55. The summed E-state index contributed by atoms with van der Waals surface area (Å²) < 4.78 is 0. The lowest BCUT2D eigenvalue weighted by molar-refractivity contribution is 0.0956. The number of aryl methyl sites for hydroxylation is 1. The van der Waals surface area contributed by atoms with Crippen molar-refractivity contribution in [3.63, 3.8) is 0 Å². The molecule has 0 unspecified atom stereocenters. The summed E-state index contributed by atoms with van der Waals surface area (Å²) in [6.45, 7) is 3.92. The van der Waals surface area contributed by atoms with Crippen molar-refractivity contribution in [1.29, 1.82) is 0 Å². The molecule has 1 atom stereocenters. The van der Waals surface area contributed by atoms with Crippen LogP contribution < -0.4 is 10.6 Å². The van der Waals surface area contributed by atoms with Gasteiger partial charge in [0.05, 0.1) is 4.88 Å². The first-order valence-corrected chi connectivity index (χ1v) is 6.65. The summed E-state index contributed by atoms with van der Waals surface area (Å²) in [6, 6.07) is 4.48. The Morgan fingerprint density at radius 1 is 1.62 bits per heavy atom. The van der Waals surface area contributed by atoms with E-state index in [1.54, 1.807) is 11.3 Å². The predicted molar refractivity (Wildman–Crippen MR) is 67.0 cm³/mol. The average Bonchev–Trinajstić information content (AvgIpc) is 2.89. The van der Waals surface area contributed by atoms with Crippen molar-refractivity contribution in [2.75, 3.05) is 13.1 Å². The van der Waals surface area contributed by atoms with Gasteiger partial charge in [-0.05, 0) is 44.9 Å². The standard InChI is InChI=1S/C12H18N2OS/c1-9-4-5-11(16-9)12(15)14-8-6-10-3-2-7-13-10/h4-5,10,13H,2-3,6-8H2,1H3,(H,14,15)/t10-/m0/s1. The molecule has 2 rings (SSSR count). The van der Waals surface area contributed by atoms with Gasteiger partial charge in [0.1, 0.15) is 0 Å². The third-order valence-electron chi connectivity index (χ3n) is 2.90. The van der Waals surface area contributed by atoms with Gasteiger partial charge < -0.3 is 10.6 Å². The quantitative estimate of drug-likeness (QED) is 0.841. The molecular formula is C12H18N2OS. The number of amides is 1. The molecule has 0 aromatic carbocycles. The number of hydrogen-bond donors (Lipinski definition) is 2. The maximum Gasteiger partial charge on any atom is 0.261 e. The molecule has 88 valence electrons. The second-order valence-corrected chi connectivity index (χ2v) is 5.54. The zero-order valence-corrected chi connectivity index (χ0v) is 10.4. The third-order valence-corrected chi connectivity index (χ3v) is 3.90. The lowest BCUT2D eigenvalue weighted by Gasteiger charge is -2.09. The van der Waals surface area contributed by atoms with Gasteiger partial charge >= 0.3 is 0 Å². The van der Waals surface area contributed by atoms with Crippen molar-refractivity contribution in [3.05, 3.63) is 21.9 Å². The minimum atomic E-state index is 0.0658. The van der Waals surface area contributed by atoms with Crippen molar-refractivity contribution in [2.24, 2.45) is 0 Å². The number of hydrogen-bond acceptors (Lipinski definition) is 3. The highest BCUT2D eigenvalue weighted by atomic mass is 32.1. The average molecular weight is 238 g/mol. The first-order valence-electron chi connectivity index (χ1n) is 5.84. The van der Waals surface area contributed by atoms with Gasteiger partial charge in [-0.1, -0.05) is 0 Å². The molecule has 0 spiro atoms. The predicted octanol–water partition coefficient (Wildman–Crippen LogP) is 1.93. The number of carbonyl (C=O) groups is 1. The Bertz CT molecular complexity index is 356. The van der Waals surface area contributed by atoms with Gasteiger partial charge in [0, 0.05) is 17.5 Å². The second kappa shape index (κ2) is 5.46. The lowest BCUT2D eigenvalue weighted by Crippen LogP contribution is -2.30. The molecule has 0 radical (unpaired) electrons. The van der Waals surface area contributed by atoms with Crippen molar-refractivity contribution < 1.29 is 4.79 Å². The van der Waals surface area contributed by atoms with E-state index < -0.39 is 0 Å². The summed E-state index contributed by atoms with van der Waals surface area (Å²) in [5, 5.41) is 6.40. The molecular weight excluding hydrogens is 220 g/mol. The Balaban J connectivity index is 1.71. The van der Waals surface area contributed by atoms with Gasteiger partial charge in [0.2, 0.25) is 0 Å². The fourth-order valence-electron chi connectivity index (χ4n) is 2.01. The van der Waals surface area contributed by atoms with E-state index in [1.807, 2.05) is 19.1 Å². The fraction of sp³-hybridized carbons (Fsp3) is 0.583. The Kier molecular flexibility index (Phi) is 3.96. The molecule has 1 fully saturated rings. The lowest BCUT2D eigenvalue weighted by atomic mass is 10.1. The second-order valence-electron chi connectivity index (χ2n) is 4.25. The van der Waals surface area contributed by atoms with Crippen LogP contribution in [0.25, 0.3) is 0 Å². The summed E-state index contributed by atoms with van der Waals surface area (Å²) in [5.74, 6) is 0.0658. The Hall–Kier alpha value is -0.870. The molecule has 2 heterocycles. The molecule has 1 aromatic rings. The topological polar surface area (TPSA) is 41.1 Å². The van der Waals surface area contributed by atoms with E-state index in [4.69, 9.17) is 0 Å². The normalized spacial score (nSPS) is 19.9. The van der Waals surface area contributed by atoms with Crippen LogP contribution in [0.4, 0.5) is 0 Å². The highest BCUT2D eigenvalue weighted by Gasteiger charge is 2.14. The van der Waals surface area contributed by atoms with E-state index in [2.05, 4.69) is 10.6 Å². The molecule has 0 bridgehead atoms. The third kappa shape index (κ3) is 3.06. The first-order chi connectivity index (χ1) is 7.75. The van der Waals surface area contributed by atoms with Gasteiger partial charge in [-0.25, -0.2) is 0 Å². The van der Waals surface area contributed by atoms with Crippen LogP contribution in [0.15, 0.2) is 12.1 Å². The van der Waals surface area contributed by atoms with Crippen molar-refractivity contribution in [1.82, 2.24) is 10.6 Å². The number of thiophene rings is 1. The SMILES string of the molecule is Cc1ccc(C(=O)NCC[C@@H]2CCCN2)s1. The maximum absolute atomic E-state index is 11.7. The minimum Gasteiger partial charge on any atom is -0.351 e. The van der Waals surface area contributed by atoms with E-state index in [-0.39, 0.29) is 5.91 Å². The largest absolute Gasteiger partial charge is 0.351 e. The summed E-state index contributed by atoms with van der Waals surface area (Å²) >= 11 is 1.55. The van der Waals surface area contributed by atoms with E-state index in [0.29, 0.717) is 6.04 Å². The molecule has 1 amide bonds. The highest BCUT2D eigenvalue weighted by Crippen LogP contribution is 2.14. The molecule has 3 nitrogen and oxygen atoms in total. The van der Waals surface area contributed by atoms with Crippen LogP contribution in [-0.4, -0.2) is 25.0 Å². The van der Waals surface area contributed by atoms with Gasteiger partial charge in [-0.3, -0.25) is 4.79 Å². The zero-order valence-electron chi connectivity index (χ0n) is 9.58. The Labute approximate surface area is 100 Å². The summed E-state index contributed by atoms with van der Waals surface area (Å²) in [5.41, 5.74) is 0. The molecule has 1 saturated heterocycles. The highest BCUT2D eigenvalue weighted by molar-refractivity contribution is 7.13. The van der Waals surface area contributed by atoms with Crippen molar-refractivity contribution in [2.45, 2.75) is 32.2 Å². The van der Waals surface area contributed by atoms with E-state index in [1.165, 1.54) is 17.7 Å². The molecule has 1 aliphatic rings. The fourth-order valence-corrected chi connectivity index (χ4v) is 2.79. The smallest absolute Gasteiger partial charge is 0.261 e. The molecule has 2 N–H and O–H groups in total. The van der Waals surface area contributed by atoms with E-state index in [9.17, 15) is 4.79 Å². The van der Waals surface area contributed by atoms with E-state index >= 15 is 0 Å². The molecule has 1 aliphatic heterocycles. The van der Waals surface area contributed by atoms with Gasteiger partial charge in [-0.2, -0.15) is 0 Å². The maximum atomic E-state index is 11.7. The number of rotatable bonds is 4. The van der Waals surface area contributed by atoms with Crippen LogP contribution in [0.2, 0.25) is 0 Å². The van der Waals surface area contributed by atoms with Gasteiger partial charge in [-0.15, -0.1) is 11.3 Å². The van der Waals surface area contributed by atoms with Crippen LogP contribution in [0.3, 0.4) is 0 Å². The molecule has 0 aliphatic carbocycles. The van der Waals surface area contributed by atoms with Crippen LogP contribution in [0.1, 0.15) is 33.8 Å². The molecule has 1 aromatic heterocycles. The minimum absolute atomic E-state index is 0.0658. The van der Waals surface area contributed by atoms with Gasteiger partial charge in [0.15, 0.2) is 0 Å². The van der Waals surface area contributed by atoms with Crippen LogP contribution in [0, 0.1) is 6.92 Å².